The van der Waals surface area contributed by atoms with E-state index in [9.17, 15) is 33.6 Å². The van der Waals surface area contributed by atoms with E-state index in [0.29, 0.717) is 11.3 Å². The van der Waals surface area contributed by atoms with E-state index in [-0.39, 0.29) is 51.2 Å². The molecule has 7 amide bonds. The Labute approximate surface area is 351 Å². The number of carbonyl (C=O) groups is 7. The van der Waals surface area contributed by atoms with Crippen LogP contribution in [0.2, 0.25) is 0 Å². The van der Waals surface area contributed by atoms with Gasteiger partial charge in [0, 0.05) is 68.6 Å². The van der Waals surface area contributed by atoms with E-state index in [1.54, 1.807) is 43.5 Å². The molecule has 20 heteroatoms. The zero-order valence-corrected chi connectivity index (χ0v) is 33.9. The molecule has 6 atom stereocenters. The number of fused-ring (bicyclic) bond motifs is 1. The molecule has 0 spiro atoms. The molecule has 0 saturated carbocycles. The maximum absolute atomic E-state index is 14.4. The fourth-order valence-corrected chi connectivity index (χ4v) is 6.87. The largest absolute Gasteiger partial charge is 0.370 e. The first-order valence-electron chi connectivity index (χ1n) is 20.0. The number of benzene rings is 2. The van der Waals surface area contributed by atoms with E-state index < -0.39 is 84.0 Å². The van der Waals surface area contributed by atoms with Gasteiger partial charge in [0.1, 0.15) is 30.2 Å². The molecular formula is C41H53N13O7. The predicted molar refractivity (Wildman–Crippen MR) is 224 cm³/mol. The molecule has 1 aliphatic rings. The highest BCUT2D eigenvalue weighted by Gasteiger charge is 2.34. The highest BCUT2D eigenvalue weighted by atomic mass is 16.2. The van der Waals surface area contributed by atoms with Crippen LogP contribution in [0.15, 0.2) is 73.3 Å². The van der Waals surface area contributed by atoms with Crippen LogP contribution in [-0.2, 0) is 52.8 Å². The van der Waals surface area contributed by atoms with Crippen molar-refractivity contribution < 1.29 is 33.6 Å². The molecule has 5 rings (SSSR count). The summed E-state index contributed by atoms with van der Waals surface area (Å²) < 4.78 is 0. The monoisotopic (exact) mass is 839 g/mol. The van der Waals surface area contributed by atoms with Gasteiger partial charge in [0.15, 0.2) is 5.96 Å². The fraction of sp³-hybridized carbons (Fsp3) is 0.390. The average molecular weight is 840 g/mol. The van der Waals surface area contributed by atoms with Gasteiger partial charge in [-0.3, -0.25) is 39.0 Å². The van der Waals surface area contributed by atoms with E-state index in [0.717, 1.165) is 16.5 Å². The molecule has 13 N–H and O–H groups in total. The van der Waals surface area contributed by atoms with Gasteiger partial charge in [-0.05, 0) is 37.0 Å². The number of carbonyl (C=O) groups excluding carboxylic acids is 7. The van der Waals surface area contributed by atoms with Gasteiger partial charge in [0.2, 0.25) is 41.4 Å². The number of nitrogens with one attached hydrogen (secondary N) is 11. The van der Waals surface area contributed by atoms with Crippen molar-refractivity contribution in [1.29, 1.82) is 5.41 Å². The van der Waals surface area contributed by atoms with Crippen LogP contribution in [0.3, 0.4) is 0 Å². The highest BCUT2D eigenvalue weighted by Crippen LogP contribution is 2.19. The van der Waals surface area contributed by atoms with Gasteiger partial charge in [0.05, 0.1) is 18.4 Å². The second-order valence-corrected chi connectivity index (χ2v) is 14.9. The second-order valence-electron chi connectivity index (χ2n) is 14.9. The van der Waals surface area contributed by atoms with Crippen molar-refractivity contribution >= 4 is 58.2 Å². The highest BCUT2D eigenvalue weighted by molar-refractivity contribution is 5.98. The number of rotatable bonds is 11. The van der Waals surface area contributed by atoms with Gasteiger partial charge in [-0.25, -0.2) is 4.98 Å². The van der Waals surface area contributed by atoms with Gasteiger partial charge in [-0.1, -0.05) is 48.5 Å². The molecule has 0 unspecified atom stereocenters. The van der Waals surface area contributed by atoms with Crippen molar-refractivity contribution in [3.63, 3.8) is 0 Å². The molecule has 324 valence electrons. The molecule has 4 aromatic rings. The summed E-state index contributed by atoms with van der Waals surface area (Å²) in [5.41, 5.74) is 8.09. The zero-order valence-electron chi connectivity index (χ0n) is 33.9. The van der Waals surface area contributed by atoms with Crippen molar-refractivity contribution in [2.45, 2.75) is 88.6 Å². The van der Waals surface area contributed by atoms with E-state index in [1.165, 1.54) is 19.4 Å². The third kappa shape index (κ3) is 13.7. The molecule has 1 fully saturated rings. The molecule has 61 heavy (non-hydrogen) atoms. The van der Waals surface area contributed by atoms with E-state index in [1.807, 2.05) is 24.3 Å². The molecule has 2 aromatic carbocycles. The summed E-state index contributed by atoms with van der Waals surface area (Å²) in [7, 11) is 0. The number of imidazole rings is 1. The smallest absolute Gasteiger partial charge is 0.243 e. The van der Waals surface area contributed by atoms with Crippen LogP contribution in [0.1, 0.15) is 49.9 Å². The number of hydrogen-bond donors (Lipinski definition) is 12. The lowest BCUT2D eigenvalue weighted by molar-refractivity contribution is -0.135. The Morgan fingerprint density at radius 2 is 1.41 bits per heavy atom. The first-order valence-corrected chi connectivity index (χ1v) is 20.0. The maximum Gasteiger partial charge on any atom is 0.243 e. The van der Waals surface area contributed by atoms with Crippen LogP contribution in [0, 0.1) is 5.41 Å². The summed E-state index contributed by atoms with van der Waals surface area (Å²) in [6, 6.07) is 9.17. The number of H-pyrrole nitrogens is 2. The van der Waals surface area contributed by atoms with Gasteiger partial charge in [-0.2, -0.15) is 0 Å². The number of nitrogens with two attached hydrogens (primary N) is 1. The molecule has 1 saturated heterocycles. The Bertz CT molecular complexity index is 2180. The summed E-state index contributed by atoms with van der Waals surface area (Å²) in [5, 5.41) is 30.0. The van der Waals surface area contributed by atoms with E-state index in [2.05, 4.69) is 57.5 Å². The molecule has 1 aliphatic heterocycles. The van der Waals surface area contributed by atoms with E-state index in [4.69, 9.17) is 11.1 Å². The number of nitrogens with zero attached hydrogens (tertiary/aromatic N) is 1. The van der Waals surface area contributed by atoms with Crippen molar-refractivity contribution in [1.82, 2.24) is 57.5 Å². The molecule has 0 radical (unpaired) electrons. The first kappa shape index (κ1) is 44.8. The minimum atomic E-state index is -1.40. The SMILES string of the molecule is CC(=O)N[C@H]1CC(=O)NC[C@@H](C)NC(=O)[C@H](Cc2c[nH]c3ccccc23)NC(=O)[C@H](CCCNC(=N)N)NC(=O)[C@@H](Cc2ccccc2)NC(=O)[C@H](Cc2c[nH]cn2)NC1=O. The Morgan fingerprint density at radius 3 is 2.10 bits per heavy atom. The molecule has 0 aliphatic carbocycles. The van der Waals surface area contributed by atoms with Crippen molar-refractivity contribution in [3.8, 4) is 0 Å². The average Bonchev–Trinajstić information content (AvgIpc) is 3.90. The van der Waals surface area contributed by atoms with Crippen LogP contribution in [-0.4, -0.2) is 112 Å². The molecule has 2 aromatic heterocycles. The van der Waals surface area contributed by atoms with Crippen molar-refractivity contribution in [2.24, 2.45) is 5.73 Å². The lowest BCUT2D eigenvalue weighted by Gasteiger charge is -2.28. The van der Waals surface area contributed by atoms with Gasteiger partial charge < -0.3 is 58.2 Å². The summed E-state index contributed by atoms with van der Waals surface area (Å²) in [6.45, 7) is 2.93. The van der Waals surface area contributed by atoms with Gasteiger partial charge in [0.25, 0.3) is 0 Å². The van der Waals surface area contributed by atoms with Crippen LogP contribution in [0.4, 0.5) is 0 Å². The van der Waals surface area contributed by atoms with Crippen molar-refractivity contribution in [3.05, 3.63) is 90.1 Å². The normalized spacial score (nSPS) is 22.4. The van der Waals surface area contributed by atoms with Crippen LogP contribution < -0.4 is 48.3 Å². The number of hydrogen-bond acceptors (Lipinski definition) is 9. The third-order valence-corrected chi connectivity index (χ3v) is 9.94. The van der Waals surface area contributed by atoms with Gasteiger partial charge in [-0.15, -0.1) is 0 Å². The predicted octanol–water partition coefficient (Wildman–Crippen LogP) is -1.35. The minimum Gasteiger partial charge on any atom is -0.370 e. The lowest BCUT2D eigenvalue weighted by atomic mass is 10.0. The van der Waals surface area contributed by atoms with Crippen LogP contribution >= 0.6 is 0 Å². The summed E-state index contributed by atoms with van der Waals surface area (Å²) in [6.07, 6.45) is 4.34. The standard InChI is InChI=1S/C41H53N13O7/c1-23-19-47-35(56)18-34(50-24(2)55)40(61)54-33(17-27-21-44-22-48-27)39(60)52-31(15-25-9-4-3-5-10-25)38(59)51-30(13-8-14-45-41(42)43)36(57)53-32(37(58)49-23)16-26-20-46-29-12-7-6-11-28(26)29/h3-7,9-12,20-23,30-34,46H,8,13-19H2,1-2H3,(H,44,48)(H,47,56)(H,49,58)(H,50,55)(H,51,59)(H,52,60)(H,53,57)(H,54,61)(H4,42,43,45)/t23-,30+,31-,32+,33+,34+/m1/s1. The van der Waals surface area contributed by atoms with Gasteiger partial charge >= 0.3 is 0 Å². The maximum atomic E-state index is 14.4. The molecule has 0 bridgehead atoms. The minimum absolute atomic E-state index is 0.0279. The molecule has 3 heterocycles. The Hall–Kier alpha value is -7.25. The molecular weight excluding hydrogens is 787 g/mol. The summed E-state index contributed by atoms with van der Waals surface area (Å²) in [4.78, 5) is 106. The first-order chi connectivity index (χ1) is 29.2. The number of amides is 7. The Balaban J connectivity index is 1.52. The Kier molecular flexibility index (Phi) is 15.9. The number of aromatic amines is 2. The van der Waals surface area contributed by atoms with E-state index >= 15 is 0 Å². The second kappa shape index (κ2) is 21.7. The quantitative estimate of drug-likeness (QED) is 0.0479. The lowest BCUT2D eigenvalue weighted by Crippen LogP contribution is -2.60. The Morgan fingerprint density at radius 1 is 0.787 bits per heavy atom. The topological polar surface area (TPSA) is 310 Å². The zero-order chi connectivity index (χ0) is 43.9. The summed E-state index contributed by atoms with van der Waals surface area (Å²) in [5.74, 6) is -5.17. The summed E-state index contributed by atoms with van der Waals surface area (Å²) >= 11 is 0. The number of aromatic nitrogens is 3. The van der Waals surface area contributed by atoms with Crippen molar-refractivity contribution in [2.75, 3.05) is 13.1 Å². The third-order valence-electron chi connectivity index (χ3n) is 9.94. The fourth-order valence-electron chi connectivity index (χ4n) is 6.87. The number of guanidine groups is 1. The van der Waals surface area contributed by atoms with Crippen LogP contribution in [0.25, 0.3) is 10.9 Å². The molecule has 20 nitrogen and oxygen atoms in total. The number of para-hydroxylation sites is 1. The van der Waals surface area contributed by atoms with Crippen LogP contribution in [0.5, 0.6) is 0 Å².